The summed E-state index contributed by atoms with van der Waals surface area (Å²) in [5, 5.41) is 0.633. The monoisotopic (exact) mass is 328 g/mol. The molecule has 0 radical (unpaired) electrons. The van der Waals surface area contributed by atoms with E-state index in [0.717, 1.165) is 35.1 Å². The van der Waals surface area contributed by atoms with Gasteiger partial charge in [0.15, 0.2) is 5.17 Å². The second kappa shape index (κ2) is 4.53. The summed E-state index contributed by atoms with van der Waals surface area (Å²) >= 11 is 4.98. The lowest BCUT2D eigenvalue weighted by atomic mass is 9.81. The van der Waals surface area contributed by atoms with Crippen LogP contribution >= 0.6 is 27.7 Å². The molecule has 1 saturated carbocycles. The van der Waals surface area contributed by atoms with Crippen LogP contribution in [0.1, 0.15) is 24.8 Å². The molecule has 0 aromatic heterocycles. The Hall–Kier alpha value is -0.550. The molecule has 0 amide bonds. The van der Waals surface area contributed by atoms with Crippen molar-refractivity contribution in [1.82, 2.24) is 0 Å². The maximum absolute atomic E-state index is 13.6. The minimum absolute atomic E-state index is 0.216. The molecule has 1 aromatic carbocycles. The standard InChI is InChI=1S/C13H14BrFN2S/c14-10-4-9(5-11(15)6-10)13-3-1-2-8(13)7-18-12(16)17-13/h4-6,8H,1-3,7H2,(H2,16,17)/t8?,13-/m0/s1. The summed E-state index contributed by atoms with van der Waals surface area (Å²) in [5.41, 5.74) is 6.56. The zero-order valence-electron chi connectivity index (χ0n) is 9.83. The zero-order chi connectivity index (χ0) is 12.8. The maximum atomic E-state index is 13.6. The fourth-order valence-electron chi connectivity index (χ4n) is 3.09. The number of fused-ring (bicyclic) bond motifs is 1. The number of hydrogen-bond acceptors (Lipinski definition) is 3. The summed E-state index contributed by atoms with van der Waals surface area (Å²) < 4.78 is 14.4. The maximum Gasteiger partial charge on any atom is 0.154 e. The van der Waals surface area contributed by atoms with Gasteiger partial charge in [0, 0.05) is 10.2 Å². The highest BCUT2D eigenvalue weighted by atomic mass is 79.9. The average molecular weight is 329 g/mol. The van der Waals surface area contributed by atoms with Crippen LogP contribution in [0.2, 0.25) is 0 Å². The largest absolute Gasteiger partial charge is 0.379 e. The van der Waals surface area contributed by atoms with Gasteiger partial charge in [0.05, 0.1) is 5.54 Å². The fraction of sp³-hybridized carbons (Fsp3) is 0.462. The van der Waals surface area contributed by atoms with Gasteiger partial charge < -0.3 is 5.73 Å². The SMILES string of the molecule is NC1=N[C@@]2(c3cc(F)cc(Br)c3)CCCC2CS1. The van der Waals surface area contributed by atoms with Crippen molar-refractivity contribution in [3.05, 3.63) is 34.1 Å². The molecule has 5 heteroatoms. The van der Waals surface area contributed by atoms with E-state index in [4.69, 9.17) is 10.7 Å². The molecule has 2 nitrogen and oxygen atoms in total. The first-order valence-electron chi connectivity index (χ1n) is 6.05. The molecule has 0 spiro atoms. The number of rotatable bonds is 1. The minimum atomic E-state index is -0.292. The van der Waals surface area contributed by atoms with Crippen molar-refractivity contribution in [1.29, 1.82) is 0 Å². The van der Waals surface area contributed by atoms with E-state index in [9.17, 15) is 4.39 Å². The quantitative estimate of drug-likeness (QED) is 0.854. The van der Waals surface area contributed by atoms with Gasteiger partial charge in [0.1, 0.15) is 5.82 Å². The Balaban J connectivity index is 2.14. The topological polar surface area (TPSA) is 38.4 Å². The van der Waals surface area contributed by atoms with Gasteiger partial charge in [-0.3, -0.25) is 4.99 Å². The molecule has 2 N–H and O–H groups in total. The highest BCUT2D eigenvalue weighted by molar-refractivity contribution is 9.10. The first kappa shape index (κ1) is 12.5. The van der Waals surface area contributed by atoms with Crippen LogP contribution < -0.4 is 5.73 Å². The molecule has 0 bridgehead atoms. The Morgan fingerprint density at radius 1 is 1.44 bits per heavy atom. The molecule has 96 valence electrons. The predicted octanol–water partition coefficient (Wildman–Crippen LogP) is 3.65. The Morgan fingerprint density at radius 2 is 2.28 bits per heavy atom. The average Bonchev–Trinajstić information content (AvgIpc) is 2.71. The molecule has 2 aliphatic rings. The summed E-state index contributed by atoms with van der Waals surface area (Å²) in [4.78, 5) is 4.70. The third kappa shape index (κ3) is 1.97. The first-order valence-corrected chi connectivity index (χ1v) is 7.83. The Bertz CT molecular complexity index is 499. The van der Waals surface area contributed by atoms with E-state index in [1.807, 2.05) is 6.07 Å². The number of amidine groups is 1. The molecule has 1 fully saturated rings. The molecule has 0 saturated heterocycles. The Kier molecular flexibility index (Phi) is 3.14. The highest BCUT2D eigenvalue weighted by Crippen LogP contribution is 2.51. The molecule has 1 aliphatic heterocycles. The van der Waals surface area contributed by atoms with Gasteiger partial charge in [-0.15, -0.1) is 0 Å². The van der Waals surface area contributed by atoms with E-state index >= 15 is 0 Å². The van der Waals surface area contributed by atoms with Gasteiger partial charge in [0.25, 0.3) is 0 Å². The number of thioether (sulfide) groups is 1. The van der Waals surface area contributed by atoms with E-state index in [1.54, 1.807) is 17.8 Å². The normalized spacial score (nSPS) is 31.0. The van der Waals surface area contributed by atoms with Crippen molar-refractivity contribution >= 4 is 32.9 Å². The smallest absolute Gasteiger partial charge is 0.154 e. The van der Waals surface area contributed by atoms with Crippen LogP contribution in [0.5, 0.6) is 0 Å². The van der Waals surface area contributed by atoms with Crippen molar-refractivity contribution in [3.8, 4) is 0 Å². The van der Waals surface area contributed by atoms with Crippen LogP contribution in [-0.2, 0) is 5.54 Å². The van der Waals surface area contributed by atoms with Crippen LogP contribution in [0.25, 0.3) is 0 Å². The summed E-state index contributed by atoms with van der Waals surface area (Å²) in [6.07, 6.45) is 3.25. The summed E-state index contributed by atoms with van der Waals surface area (Å²) in [6.45, 7) is 0. The second-order valence-electron chi connectivity index (χ2n) is 4.93. The highest BCUT2D eigenvalue weighted by Gasteiger charge is 2.46. The third-order valence-corrected chi connectivity index (χ3v) is 5.30. The Labute approximate surface area is 118 Å². The lowest BCUT2D eigenvalue weighted by molar-refractivity contribution is 0.354. The van der Waals surface area contributed by atoms with Gasteiger partial charge in [-0.05, 0) is 42.5 Å². The number of nitrogens with two attached hydrogens (primary N) is 1. The molecule has 18 heavy (non-hydrogen) atoms. The number of aliphatic imine (C=N–C) groups is 1. The molecular weight excluding hydrogens is 315 g/mol. The van der Waals surface area contributed by atoms with Gasteiger partial charge in [-0.25, -0.2) is 4.39 Å². The van der Waals surface area contributed by atoms with Crippen LogP contribution in [-0.4, -0.2) is 10.9 Å². The molecule has 1 unspecified atom stereocenters. The van der Waals surface area contributed by atoms with Crippen molar-refractivity contribution < 1.29 is 4.39 Å². The van der Waals surface area contributed by atoms with Crippen LogP contribution in [0.4, 0.5) is 4.39 Å². The van der Waals surface area contributed by atoms with E-state index < -0.39 is 0 Å². The fourth-order valence-corrected chi connectivity index (χ4v) is 4.60. The summed E-state index contributed by atoms with van der Waals surface area (Å²) in [5.74, 6) is 1.25. The van der Waals surface area contributed by atoms with Gasteiger partial charge in [-0.2, -0.15) is 0 Å². The van der Waals surface area contributed by atoms with Crippen molar-refractivity contribution in [2.75, 3.05) is 5.75 Å². The zero-order valence-corrected chi connectivity index (χ0v) is 12.2. The molecule has 2 atom stereocenters. The number of hydrogen-bond donors (Lipinski definition) is 1. The van der Waals surface area contributed by atoms with Crippen molar-refractivity contribution in [3.63, 3.8) is 0 Å². The van der Waals surface area contributed by atoms with E-state index in [1.165, 1.54) is 6.07 Å². The molecule has 3 rings (SSSR count). The number of halogens is 2. The number of nitrogens with zero attached hydrogens (tertiary/aromatic N) is 1. The van der Waals surface area contributed by atoms with Crippen LogP contribution in [0.3, 0.4) is 0 Å². The van der Waals surface area contributed by atoms with Gasteiger partial charge >= 0.3 is 0 Å². The van der Waals surface area contributed by atoms with E-state index in [0.29, 0.717) is 11.1 Å². The Morgan fingerprint density at radius 3 is 3.06 bits per heavy atom. The first-order chi connectivity index (χ1) is 8.60. The van der Waals surface area contributed by atoms with E-state index in [-0.39, 0.29) is 11.4 Å². The summed E-state index contributed by atoms with van der Waals surface area (Å²) in [7, 11) is 0. The van der Waals surface area contributed by atoms with Crippen LogP contribution in [0.15, 0.2) is 27.7 Å². The van der Waals surface area contributed by atoms with E-state index in [2.05, 4.69) is 15.9 Å². The second-order valence-corrected chi connectivity index (χ2v) is 6.89. The van der Waals surface area contributed by atoms with Crippen LogP contribution in [0, 0.1) is 11.7 Å². The summed E-state index contributed by atoms with van der Waals surface area (Å²) in [6, 6.07) is 5.07. The number of benzene rings is 1. The van der Waals surface area contributed by atoms with Gasteiger partial charge in [-0.1, -0.05) is 34.1 Å². The third-order valence-electron chi connectivity index (χ3n) is 3.89. The minimum Gasteiger partial charge on any atom is -0.379 e. The molecule has 1 aliphatic carbocycles. The molecular formula is C13H14BrFN2S. The van der Waals surface area contributed by atoms with Gasteiger partial charge in [0.2, 0.25) is 0 Å². The predicted molar refractivity (Wildman–Crippen MR) is 77.2 cm³/mol. The van der Waals surface area contributed by atoms with Crippen molar-refractivity contribution in [2.24, 2.45) is 16.6 Å². The molecule has 1 heterocycles. The lowest BCUT2D eigenvalue weighted by Gasteiger charge is -2.36. The lowest BCUT2D eigenvalue weighted by Crippen LogP contribution is -2.36. The van der Waals surface area contributed by atoms with Crippen molar-refractivity contribution in [2.45, 2.75) is 24.8 Å². The molecule has 1 aromatic rings.